The molecule has 0 spiro atoms. The molecule has 10 heavy (non-hydrogen) atoms. The molecule has 1 atom stereocenters. The minimum atomic E-state index is -3.15. The molecule has 5 nitrogen and oxygen atoms in total. The van der Waals surface area contributed by atoms with Crippen LogP contribution >= 0.6 is 0 Å². The summed E-state index contributed by atoms with van der Waals surface area (Å²) in [6.45, 7) is 1.43. The van der Waals surface area contributed by atoms with E-state index in [1.54, 1.807) is 0 Å². The lowest BCUT2D eigenvalue weighted by molar-refractivity contribution is 0.598. The highest BCUT2D eigenvalue weighted by atomic mass is 32.2. The first-order chi connectivity index (χ1) is 4.39. The number of hydrogen-bond donors (Lipinski definition) is 2. The smallest absolute Gasteiger partial charge is 0.157 e. The lowest BCUT2D eigenvalue weighted by Gasteiger charge is -2.05. The maximum atomic E-state index is 10.7. The van der Waals surface area contributed by atoms with Gasteiger partial charge in [0.1, 0.15) is 11.1 Å². The summed E-state index contributed by atoms with van der Waals surface area (Å²) in [5, 5.41) is 2.28. The summed E-state index contributed by atoms with van der Waals surface area (Å²) in [6, 6.07) is 0. The van der Waals surface area contributed by atoms with Gasteiger partial charge >= 0.3 is 0 Å². The summed E-state index contributed by atoms with van der Waals surface area (Å²) in [4.78, 5) is 0. The van der Waals surface area contributed by atoms with Crippen LogP contribution in [-0.4, -0.2) is 25.8 Å². The van der Waals surface area contributed by atoms with Crippen LogP contribution in [0, 0.1) is 0 Å². The molecule has 0 aliphatic heterocycles. The second-order valence-corrected chi connectivity index (χ2v) is 4.39. The first-order valence-electron chi connectivity index (χ1n) is 2.61. The minimum absolute atomic E-state index is 0.0671. The molecular formula is C4H11N3O2S. The number of amidine groups is 1. The Hall–Kier alpha value is -0.780. The average molecular weight is 165 g/mol. The number of rotatable bonds is 2. The molecule has 60 valence electrons. The summed E-state index contributed by atoms with van der Waals surface area (Å²) in [5.41, 5.74) is 5.15. The van der Waals surface area contributed by atoms with Crippen molar-refractivity contribution in [1.82, 2.24) is 0 Å². The quantitative estimate of drug-likeness (QED) is 0.229. The summed E-state index contributed by atoms with van der Waals surface area (Å²) >= 11 is 0. The van der Waals surface area contributed by atoms with E-state index in [-0.39, 0.29) is 5.84 Å². The zero-order chi connectivity index (χ0) is 8.36. The number of sulfone groups is 1. The van der Waals surface area contributed by atoms with Gasteiger partial charge in [-0.1, -0.05) is 0 Å². The maximum Gasteiger partial charge on any atom is 0.157 e. The van der Waals surface area contributed by atoms with Crippen LogP contribution in [0.2, 0.25) is 0 Å². The maximum absolute atomic E-state index is 10.7. The van der Waals surface area contributed by atoms with Gasteiger partial charge in [-0.05, 0) is 6.92 Å². The molecule has 0 aromatic rings. The monoisotopic (exact) mass is 165 g/mol. The fourth-order valence-corrected chi connectivity index (χ4v) is 0.824. The molecule has 0 saturated carbocycles. The fourth-order valence-electron chi connectivity index (χ4n) is 0.324. The highest BCUT2D eigenvalue weighted by Gasteiger charge is 2.18. The van der Waals surface area contributed by atoms with E-state index < -0.39 is 15.1 Å². The highest BCUT2D eigenvalue weighted by molar-refractivity contribution is 7.92. The van der Waals surface area contributed by atoms with E-state index in [0.717, 1.165) is 6.26 Å². The molecule has 0 rings (SSSR count). The van der Waals surface area contributed by atoms with Gasteiger partial charge in [-0.15, -0.1) is 0 Å². The fraction of sp³-hybridized carbons (Fsp3) is 0.750. The largest absolute Gasteiger partial charge is 0.385 e. The normalized spacial score (nSPS) is 16.8. The van der Waals surface area contributed by atoms with Gasteiger partial charge < -0.3 is 11.6 Å². The molecule has 0 aliphatic carbocycles. The van der Waals surface area contributed by atoms with Crippen molar-refractivity contribution in [3.05, 3.63) is 0 Å². The van der Waals surface area contributed by atoms with Crippen LogP contribution in [0.4, 0.5) is 0 Å². The van der Waals surface area contributed by atoms with Gasteiger partial charge in [-0.25, -0.2) is 8.42 Å². The Labute approximate surface area is 60.0 Å². The van der Waals surface area contributed by atoms with Gasteiger partial charge in [-0.3, -0.25) is 0 Å². The Balaban J connectivity index is 4.55. The van der Waals surface area contributed by atoms with E-state index in [2.05, 4.69) is 5.10 Å². The molecule has 0 aliphatic rings. The number of nitrogens with two attached hydrogens (primary N) is 2. The van der Waals surface area contributed by atoms with E-state index in [4.69, 9.17) is 11.6 Å². The molecule has 0 aromatic heterocycles. The molecule has 0 radical (unpaired) electrons. The van der Waals surface area contributed by atoms with Crippen LogP contribution in [0.15, 0.2) is 5.10 Å². The van der Waals surface area contributed by atoms with E-state index in [1.165, 1.54) is 6.92 Å². The Kier molecular flexibility index (Phi) is 2.65. The predicted octanol–water partition coefficient (Wildman–Crippen LogP) is -1.35. The van der Waals surface area contributed by atoms with Gasteiger partial charge in [-0.2, -0.15) is 5.10 Å². The molecule has 0 bridgehead atoms. The van der Waals surface area contributed by atoms with Crippen molar-refractivity contribution in [2.75, 3.05) is 6.26 Å². The minimum Gasteiger partial charge on any atom is -0.385 e. The van der Waals surface area contributed by atoms with Crippen molar-refractivity contribution in [3.63, 3.8) is 0 Å². The van der Waals surface area contributed by atoms with Gasteiger partial charge in [0.15, 0.2) is 9.84 Å². The summed E-state index contributed by atoms with van der Waals surface area (Å²) in [6.07, 6.45) is 1.08. The second kappa shape index (κ2) is 2.87. The van der Waals surface area contributed by atoms with Crippen molar-refractivity contribution < 1.29 is 8.42 Å². The molecular weight excluding hydrogens is 154 g/mol. The Morgan fingerprint density at radius 1 is 1.60 bits per heavy atom. The van der Waals surface area contributed by atoms with Crippen molar-refractivity contribution in [3.8, 4) is 0 Å². The molecule has 0 heterocycles. The van der Waals surface area contributed by atoms with Gasteiger partial charge in [0, 0.05) is 6.26 Å². The molecule has 0 saturated heterocycles. The van der Waals surface area contributed by atoms with Crippen LogP contribution in [0.1, 0.15) is 6.92 Å². The first-order valence-corrected chi connectivity index (χ1v) is 4.57. The zero-order valence-electron chi connectivity index (χ0n) is 5.90. The standard InChI is InChI=1S/C4H11N3O2S/c1-3(4(5)7-6)10(2,8)9/h3H,6H2,1-2H3,(H2,5,7). The van der Waals surface area contributed by atoms with Crippen molar-refractivity contribution in [1.29, 1.82) is 0 Å². The average Bonchev–Trinajstić information content (AvgIpc) is 1.83. The van der Waals surface area contributed by atoms with Crippen molar-refractivity contribution in [2.45, 2.75) is 12.2 Å². The lowest BCUT2D eigenvalue weighted by Crippen LogP contribution is -2.33. The molecule has 0 fully saturated rings. The van der Waals surface area contributed by atoms with Crippen LogP contribution in [0.3, 0.4) is 0 Å². The summed E-state index contributed by atoms with van der Waals surface area (Å²) in [5.74, 6) is 4.70. The van der Waals surface area contributed by atoms with Gasteiger partial charge in [0.2, 0.25) is 0 Å². The van der Waals surface area contributed by atoms with Gasteiger partial charge in [0.05, 0.1) is 0 Å². The van der Waals surface area contributed by atoms with E-state index >= 15 is 0 Å². The van der Waals surface area contributed by atoms with Crippen LogP contribution in [0.25, 0.3) is 0 Å². The van der Waals surface area contributed by atoms with Crippen molar-refractivity contribution in [2.24, 2.45) is 16.7 Å². The van der Waals surface area contributed by atoms with Gasteiger partial charge in [0.25, 0.3) is 0 Å². The van der Waals surface area contributed by atoms with Crippen LogP contribution in [-0.2, 0) is 9.84 Å². The zero-order valence-corrected chi connectivity index (χ0v) is 6.72. The molecule has 0 amide bonds. The lowest BCUT2D eigenvalue weighted by atomic mass is 10.4. The first kappa shape index (κ1) is 9.22. The summed E-state index contributed by atoms with van der Waals surface area (Å²) in [7, 11) is -3.15. The third-order valence-corrected chi connectivity index (χ3v) is 2.73. The predicted molar refractivity (Wildman–Crippen MR) is 40.1 cm³/mol. The second-order valence-electron chi connectivity index (χ2n) is 2.03. The topological polar surface area (TPSA) is 98.5 Å². The van der Waals surface area contributed by atoms with E-state index in [9.17, 15) is 8.42 Å². The number of hydrazone groups is 1. The Morgan fingerprint density at radius 2 is 2.00 bits per heavy atom. The number of nitrogens with zero attached hydrogens (tertiary/aromatic N) is 1. The third-order valence-electron chi connectivity index (χ3n) is 1.21. The highest BCUT2D eigenvalue weighted by Crippen LogP contribution is 1.95. The Bertz CT molecular complexity index is 231. The number of hydrogen-bond acceptors (Lipinski definition) is 4. The van der Waals surface area contributed by atoms with Crippen LogP contribution < -0.4 is 11.6 Å². The third kappa shape index (κ3) is 2.22. The van der Waals surface area contributed by atoms with E-state index in [0.29, 0.717) is 0 Å². The SMILES string of the molecule is CC(C(N)=NN)S(C)(=O)=O. The summed E-state index contributed by atoms with van der Waals surface area (Å²) < 4.78 is 21.4. The van der Waals surface area contributed by atoms with Crippen LogP contribution in [0.5, 0.6) is 0 Å². The molecule has 6 heteroatoms. The Morgan fingerprint density at radius 3 is 2.10 bits per heavy atom. The molecule has 1 unspecified atom stereocenters. The van der Waals surface area contributed by atoms with Crippen molar-refractivity contribution >= 4 is 15.7 Å². The molecule has 0 aromatic carbocycles. The molecule has 4 N–H and O–H groups in total. The van der Waals surface area contributed by atoms with E-state index in [1.807, 2.05) is 0 Å².